The second-order valence-electron chi connectivity index (χ2n) is 2.49. The zero-order chi connectivity index (χ0) is 9.56. The highest BCUT2D eigenvalue weighted by Gasteiger charge is 2.17. The molecule has 12 heavy (non-hydrogen) atoms. The van der Waals surface area contributed by atoms with E-state index in [1.54, 1.807) is 13.8 Å². The normalized spacial score (nSPS) is 16.5. The first kappa shape index (κ1) is 11.8. The molecule has 74 valence electrons. The van der Waals surface area contributed by atoms with Crippen LogP contribution in [-0.2, 0) is 9.47 Å². The lowest BCUT2D eigenvalue weighted by molar-refractivity contribution is -0.280. The third-order valence-electron chi connectivity index (χ3n) is 1.56. The molecular formula is C8H19NO3. The van der Waals surface area contributed by atoms with Crippen molar-refractivity contribution in [3.63, 3.8) is 0 Å². The molecule has 0 saturated carbocycles. The third kappa shape index (κ3) is 4.01. The summed E-state index contributed by atoms with van der Waals surface area (Å²) in [7, 11) is 0. The average molecular weight is 177 g/mol. The molecule has 0 aromatic rings. The molecular weight excluding hydrogens is 158 g/mol. The number of hydroxylamine groups is 2. The van der Waals surface area contributed by atoms with E-state index < -0.39 is 0 Å². The lowest BCUT2D eigenvalue weighted by Crippen LogP contribution is -2.40. The molecule has 0 rings (SSSR count). The minimum absolute atomic E-state index is 0.323. The average Bonchev–Trinajstić information content (AvgIpc) is 2.04. The molecule has 0 amide bonds. The topological polar surface area (TPSA) is 41.9 Å². The number of rotatable bonds is 6. The summed E-state index contributed by atoms with van der Waals surface area (Å²) in [5.41, 5.74) is 0. The lowest BCUT2D eigenvalue weighted by atomic mass is 10.5. The first-order valence-electron chi connectivity index (χ1n) is 4.33. The smallest absolute Gasteiger partial charge is 0.132 e. The highest BCUT2D eigenvalue weighted by atomic mass is 16.6. The molecule has 0 saturated heterocycles. The second-order valence-corrected chi connectivity index (χ2v) is 2.49. The van der Waals surface area contributed by atoms with Crippen LogP contribution < -0.4 is 0 Å². The van der Waals surface area contributed by atoms with E-state index in [4.69, 9.17) is 9.47 Å². The molecule has 0 aliphatic rings. The Labute approximate surface area is 74.0 Å². The molecule has 0 fully saturated rings. The SMILES string of the molecule is CCOC(C)N(O)C(C)OCC. The summed E-state index contributed by atoms with van der Waals surface area (Å²) in [5, 5.41) is 10.5. The zero-order valence-electron chi connectivity index (χ0n) is 8.28. The van der Waals surface area contributed by atoms with Gasteiger partial charge in [0.15, 0.2) is 0 Å². The van der Waals surface area contributed by atoms with Crippen molar-refractivity contribution in [3.8, 4) is 0 Å². The molecule has 0 spiro atoms. The van der Waals surface area contributed by atoms with Crippen LogP contribution >= 0.6 is 0 Å². The first-order valence-corrected chi connectivity index (χ1v) is 4.33. The van der Waals surface area contributed by atoms with Gasteiger partial charge in [-0.2, -0.15) is 0 Å². The van der Waals surface area contributed by atoms with Crippen LogP contribution in [0.3, 0.4) is 0 Å². The van der Waals surface area contributed by atoms with Gasteiger partial charge < -0.3 is 14.7 Å². The summed E-state index contributed by atoms with van der Waals surface area (Å²) >= 11 is 0. The number of hydrogen-bond acceptors (Lipinski definition) is 4. The quantitative estimate of drug-likeness (QED) is 0.492. The van der Waals surface area contributed by atoms with E-state index in [0.717, 1.165) is 5.06 Å². The minimum atomic E-state index is -0.323. The van der Waals surface area contributed by atoms with Crippen molar-refractivity contribution in [1.29, 1.82) is 0 Å². The van der Waals surface area contributed by atoms with Gasteiger partial charge in [0.1, 0.15) is 12.5 Å². The standard InChI is InChI=1S/C8H19NO3/c1-5-11-7(3)9(10)8(4)12-6-2/h7-8,10H,5-6H2,1-4H3. The molecule has 4 heteroatoms. The maximum absolute atomic E-state index is 9.43. The van der Waals surface area contributed by atoms with Gasteiger partial charge in [0.25, 0.3) is 0 Å². The predicted molar refractivity (Wildman–Crippen MR) is 45.8 cm³/mol. The van der Waals surface area contributed by atoms with E-state index >= 15 is 0 Å². The van der Waals surface area contributed by atoms with Gasteiger partial charge in [0, 0.05) is 13.2 Å². The molecule has 4 nitrogen and oxygen atoms in total. The van der Waals surface area contributed by atoms with Crippen molar-refractivity contribution in [2.45, 2.75) is 40.2 Å². The van der Waals surface area contributed by atoms with Crippen molar-refractivity contribution in [3.05, 3.63) is 0 Å². The van der Waals surface area contributed by atoms with Gasteiger partial charge in [0.05, 0.1) is 0 Å². The van der Waals surface area contributed by atoms with Crippen LogP contribution in [0.25, 0.3) is 0 Å². The lowest BCUT2D eigenvalue weighted by Gasteiger charge is -2.27. The Morgan fingerprint density at radius 3 is 1.67 bits per heavy atom. The molecule has 0 heterocycles. The fourth-order valence-corrected chi connectivity index (χ4v) is 0.931. The van der Waals surface area contributed by atoms with Crippen LogP contribution in [0, 0.1) is 0 Å². The molecule has 1 N–H and O–H groups in total. The Morgan fingerprint density at radius 1 is 1.08 bits per heavy atom. The van der Waals surface area contributed by atoms with Gasteiger partial charge in [0.2, 0.25) is 0 Å². The molecule has 0 aromatic heterocycles. The number of hydrogen-bond donors (Lipinski definition) is 1. The van der Waals surface area contributed by atoms with Crippen LogP contribution in [0.15, 0.2) is 0 Å². The monoisotopic (exact) mass is 177 g/mol. The van der Waals surface area contributed by atoms with Crippen molar-refractivity contribution < 1.29 is 14.7 Å². The second kappa shape index (κ2) is 6.37. The summed E-state index contributed by atoms with van der Waals surface area (Å²) < 4.78 is 10.3. The highest BCUT2D eigenvalue weighted by molar-refractivity contribution is 4.48. The molecule has 0 radical (unpaired) electrons. The molecule has 2 atom stereocenters. The van der Waals surface area contributed by atoms with Gasteiger partial charge in [-0.1, -0.05) is 0 Å². The van der Waals surface area contributed by atoms with Crippen LogP contribution in [0.1, 0.15) is 27.7 Å². The number of nitrogens with zero attached hydrogens (tertiary/aromatic N) is 1. The maximum Gasteiger partial charge on any atom is 0.132 e. The molecule has 0 aliphatic carbocycles. The van der Waals surface area contributed by atoms with Gasteiger partial charge in [-0.3, -0.25) is 0 Å². The largest absolute Gasteiger partial charge is 0.361 e. The molecule has 2 unspecified atom stereocenters. The van der Waals surface area contributed by atoms with Crippen molar-refractivity contribution in [2.24, 2.45) is 0 Å². The summed E-state index contributed by atoms with van der Waals surface area (Å²) in [6, 6.07) is 0. The Balaban J connectivity index is 3.73. The van der Waals surface area contributed by atoms with Crippen molar-refractivity contribution in [2.75, 3.05) is 13.2 Å². The van der Waals surface area contributed by atoms with Crippen LogP contribution in [0.2, 0.25) is 0 Å². The van der Waals surface area contributed by atoms with Gasteiger partial charge in [-0.05, 0) is 27.7 Å². The Hall–Kier alpha value is -0.160. The van der Waals surface area contributed by atoms with E-state index in [-0.39, 0.29) is 12.5 Å². The zero-order valence-corrected chi connectivity index (χ0v) is 8.28. The Bertz CT molecular complexity index is 98.5. The fraction of sp³-hybridized carbons (Fsp3) is 1.00. The summed E-state index contributed by atoms with van der Waals surface area (Å²) in [5.74, 6) is 0. The van der Waals surface area contributed by atoms with Gasteiger partial charge in [-0.15, -0.1) is 5.06 Å². The minimum Gasteiger partial charge on any atom is -0.361 e. The fourth-order valence-electron chi connectivity index (χ4n) is 0.931. The van der Waals surface area contributed by atoms with Gasteiger partial charge in [-0.25, -0.2) is 0 Å². The van der Waals surface area contributed by atoms with Crippen LogP contribution in [0.5, 0.6) is 0 Å². The summed E-state index contributed by atoms with van der Waals surface area (Å²) in [4.78, 5) is 0. The summed E-state index contributed by atoms with van der Waals surface area (Å²) in [6.07, 6.45) is -0.645. The molecule has 0 bridgehead atoms. The maximum atomic E-state index is 9.43. The Kier molecular flexibility index (Phi) is 6.28. The van der Waals surface area contributed by atoms with E-state index in [0.29, 0.717) is 13.2 Å². The molecule has 0 aromatic carbocycles. The molecule has 0 aliphatic heterocycles. The third-order valence-corrected chi connectivity index (χ3v) is 1.56. The van der Waals surface area contributed by atoms with E-state index in [1.165, 1.54) is 0 Å². The van der Waals surface area contributed by atoms with Crippen LogP contribution in [-0.4, -0.2) is 35.9 Å². The summed E-state index contributed by atoms with van der Waals surface area (Å²) in [6.45, 7) is 8.48. The van der Waals surface area contributed by atoms with Crippen molar-refractivity contribution >= 4 is 0 Å². The number of ether oxygens (including phenoxy) is 2. The van der Waals surface area contributed by atoms with E-state index in [1.807, 2.05) is 13.8 Å². The van der Waals surface area contributed by atoms with Crippen molar-refractivity contribution in [1.82, 2.24) is 5.06 Å². The van der Waals surface area contributed by atoms with Crippen LogP contribution in [0.4, 0.5) is 0 Å². The predicted octanol–water partition coefficient (Wildman–Crippen LogP) is 1.44. The first-order chi connectivity index (χ1) is 5.63. The Morgan fingerprint density at radius 2 is 1.42 bits per heavy atom. The van der Waals surface area contributed by atoms with Gasteiger partial charge >= 0.3 is 0 Å². The van der Waals surface area contributed by atoms with E-state index in [2.05, 4.69) is 0 Å². The highest BCUT2D eigenvalue weighted by Crippen LogP contribution is 2.04. The van der Waals surface area contributed by atoms with E-state index in [9.17, 15) is 5.21 Å².